The van der Waals surface area contributed by atoms with E-state index in [9.17, 15) is 9.59 Å². The molecule has 2 fully saturated rings. The zero-order valence-electron chi connectivity index (χ0n) is 14.0. The van der Waals surface area contributed by atoms with E-state index < -0.39 is 0 Å². The number of amides is 3. The van der Waals surface area contributed by atoms with Crippen LogP contribution in [0.2, 0.25) is 0 Å². The molecule has 0 aromatic carbocycles. The van der Waals surface area contributed by atoms with Crippen molar-refractivity contribution in [2.45, 2.75) is 57.0 Å². The summed E-state index contributed by atoms with van der Waals surface area (Å²) in [5.41, 5.74) is 0.627. The van der Waals surface area contributed by atoms with Crippen molar-refractivity contribution in [2.75, 3.05) is 13.1 Å². The summed E-state index contributed by atoms with van der Waals surface area (Å²) in [6, 6.07) is 3.95. The number of hydrogen-bond acceptors (Lipinski definition) is 3. The number of urea groups is 1. The van der Waals surface area contributed by atoms with Gasteiger partial charge in [-0.3, -0.25) is 9.78 Å². The third-order valence-corrected chi connectivity index (χ3v) is 4.99. The molecular weight excluding hydrogens is 304 g/mol. The molecule has 6 nitrogen and oxygen atoms in total. The van der Waals surface area contributed by atoms with Crippen molar-refractivity contribution in [3.8, 4) is 0 Å². The van der Waals surface area contributed by atoms with Crippen molar-refractivity contribution in [1.82, 2.24) is 20.5 Å². The summed E-state index contributed by atoms with van der Waals surface area (Å²) < 4.78 is 0. The lowest BCUT2D eigenvalue weighted by Crippen LogP contribution is -2.51. The Morgan fingerprint density at radius 3 is 2.21 bits per heavy atom. The second-order valence-electron chi connectivity index (χ2n) is 6.76. The number of nitrogens with one attached hydrogen (secondary N) is 2. The second kappa shape index (κ2) is 8.13. The van der Waals surface area contributed by atoms with Gasteiger partial charge in [-0.25, -0.2) is 4.79 Å². The van der Waals surface area contributed by atoms with Crippen molar-refractivity contribution in [3.63, 3.8) is 0 Å². The van der Waals surface area contributed by atoms with E-state index in [0.29, 0.717) is 24.7 Å². The fourth-order valence-electron chi connectivity index (χ4n) is 3.51. The van der Waals surface area contributed by atoms with Crippen LogP contribution in [-0.2, 0) is 0 Å². The second-order valence-corrected chi connectivity index (χ2v) is 6.76. The highest BCUT2D eigenvalue weighted by Gasteiger charge is 2.25. The topological polar surface area (TPSA) is 74.3 Å². The first-order valence-electron chi connectivity index (χ1n) is 8.99. The van der Waals surface area contributed by atoms with Crippen molar-refractivity contribution < 1.29 is 9.59 Å². The first-order chi connectivity index (χ1) is 11.7. The van der Waals surface area contributed by atoms with Crippen LogP contribution in [0.1, 0.15) is 55.3 Å². The Bertz CT molecular complexity index is 549. The summed E-state index contributed by atoms with van der Waals surface area (Å²) in [5.74, 6) is -0.0671. The van der Waals surface area contributed by atoms with Crippen molar-refractivity contribution in [1.29, 1.82) is 0 Å². The third-order valence-electron chi connectivity index (χ3n) is 4.99. The third kappa shape index (κ3) is 4.46. The van der Waals surface area contributed by atoms with E-state index in [4.69, 9.17) is 0 Å². The van der Waals surface area contributed by atoms with E-state index in [1.807, 2.05) is 4.90 Å². The Labute approximate surface area is 143 Å². The molecule has 2 N–H and O–H groups in total. The van der Waals surface area contributed by atoms with Crippen LogP contribution in [0.5, 0.6) is 0 Å². The highest BCUT2D eigenvalue weighted by Crippen LogP contribution is 2.18. The smallest absolute Gasteiger partial charge is 0.317 e. The number of rotatable bonds is 3. The molecule has 6 heteroatoms. The molecule has 2 aliphatic rings. The molecule has 3 amide bonds. The predicted molar refractivity (Wildman–Crippen MR) is 91.7 cm³/mol. The summed E-state index contributed by atoms with van der Waals surface area (Å²) >= 11 is 0. The van der Waals surface area contributed by atoms with Gasteiger partial charge < -0.3 is 15.5 Å². The maximum Gasteiger partial charge on any atom is 0.317 e. The fourth-order valence-corrected chi connectivity index (χ4v) is 3.51. The molecule has 130 valence electrons. The Morgan fingerprint density at radius 1 is 0.917 bits per heavy atom. The normalized spacial score (nSPS) is 19.8. The average Bonchev–Trinajstić information content (AvgIpc) is 2.64. The number of piperidine rings is 1. The van der Waals surface area contributed by atoms with Gasteiger partial charge >= 0.3 is 6.03 Å². The maximum atomic E-state index is 12.3. The highest BCUT2D eigenvalue weighted by atomic mass is 16.2. The van der Waals surface area contributed by atoms with Gasteiger partial charge in [-0.2, -0.15) is 0 Å². The number of aromatic nitrogens is 1. The van der Waals surface area contributed by atoms with Crippen LogP contribution in [0.4, 0.5) is 4.79 Å². The zero-order valence-corrected chi connectivity index (χ0v) is 14.0. The van der Waals surface area contributed by atoms with Crippen LogP contribution >= 0.6 is 0 Å². The minimum absolute atomic E-state index is 0.0563. The lowest BCUT2D eigenvalue weighted by Gasteiger charge is -2.34. The molecule has 0 atom stereocenters. The van der Waals surface area contributed by atoms with Crippen LogP contribution in [0.15, 0.2) is 24.5 Å². The quantitative estimate of drug-likeness (QED) is 0.893. The summed E-state index contributed by atoms with van der Waals surface area (Å²) in [4.78, 5) is 30.3. The van der Waals surface area contributed by atoms with Crippen LogP contribution in [-0.4, -0.2) is 47.0 Å². The van der Waals surface area contributed by atoms with E-state index in [2.05, 4.69) is 15.6 Å². The van der Waals surface area contributed by atoms with Crippen molar-refractivity contribution in [3.05, 3.63) is 30.1 Å². The van der Waals surface area contributed by atoms with E-state index in [1.54, 1.807) is 24.5 Å². The lowest BCUT2D eigenvalue weighted by atomic mass is 9.95. The maximum absolute atomic E-state index is 12.3. The van der Waals surface area contributed by atoms with Gasteiger partial charge in [-0.1, -0.05) is 19.3 Å². The van der Waals surface area contributed by atoms with Gasteiger partial charge in [0.1, 0.15) is 0 Å². The molecule has 1 aromatic rings. The molecule has 1 aromatic heterocycles. The Balaban J connectivity index is 1.42. The average molecular weight is 330 g/mol. The molecule has 1 aliphatic carbocycles. The SMILES string of the molecule is O=C(NC1CCN(C(=O)NC2CCCCC2)CC1)c1ccncc1. The van der Waals surface area contributed by atoms with E-state index in [0.717, 1.165) is 25.7 Å². The Morgan fingerprint density at radius 2 is 1.54 bits per heavy atom. The number of likely N-dealkylation sites (tertiary alicyclic amines) is 1. The van der Waals surface area contributed by atoms with Gasteiger partial charge in [-0.15, -0.1) is 0 Å². The minimum atomic E-state index is -0.0671. The van der Waals surface area contributed by atoms with Gasteiger partial charge in [0, 0.05) is 43.1 Å². The largest absolute Gasteiger partial charge is 0.349 e. The molecule has 3 rings (SSSR count). The van der Waals surface area contributed by atoms with Gasteiger partial charge in [0.25, 0.3) is 5.91 Å². The van der Waals surface area contributed by atoms with Gasteiger partial charge in [0.2, 0.25) is 0 Å². The summed E-state index contributed by atoms with van der Waals surface area (Å²) in [5, 5.41) is 6.21. The minimum Gasteiger partial charge on any atom is -0.349 e. The molecular formula is C18H26N4O2. The van der Waals surface area contributed by atoms with Crippen molar-refractivity contribution in [2.24, 2.45) is 0 Å². The first kappa shape index (κ1) is 16.7. The highest BCUT2D eigenvalue weighted by molar-refractivity contribution is 5.94. The van der Waals surface area contributed by atoms with E-state index in [1.165, 1.54) is 19.3 Å². The summed E-state index contributed by atoms with van der Waals surface area (Å²) in [6.45, 7) is 1.39. The molecule has 0 spiro atoms. The van der Waals surface area contributed by atoms with Crippen LogP contribution in [0, 0.1) is 0 Å². The monoisotopic (exact) mass is 330 g/mol. The fraction of sp³-hybridized carbons (Fsp3) is 0.611. The molecule has 0 bridgehead atoms. The molecule has 1 saturated carbocycles. The number of carbonyl (C=O) groups is 2. The zero-order chi connectivity index (χ0) is 16.8. The summed E-state index contributed by atoms with van der Waals surface area (Å²) in [6.07, 6.45) is 10.8. The number of carbonyl (C=O) groups excluding carboxylic acids is 2. The standard InChI is InChI=1S/C18H26N4O2/c23-17(14-6-10-19-11-7-14)20-16-8-12-22(13-9-16)18(24)21-15-4-2-1-3-5-15/h6-7,10-11,15-16H,1-5,8-9,12-13H2,(H,20,23)(H,21,24). The predicted octanol–water partition coefficient (Wildman–Crippen LogP) is 2.32. The van der Waals surface area contributed by atoms with Crippen LogP contribution < -0.4 is 10.6 Å². The van der Waals surface area contributed by atoms with Crippen molar-refractivity contribution >= 4 is 11.9 Å². The van der Waals surface area contributed by atoms with Gasteiger partial charge in [0.15, 0.2) is 0 Å². The van der Waals surface area contributed by atoms with Gasteiger partial charge in [-0.05, 0) is 37.8 Å². The molecule has 24 heavy (non-hydrogen) atoms. The first-order valence-corrected chi connectivity index (χ1v) is 8.99. The molecule has 0 radical (unpaired) electrons. The van der Waals surface area contributed by atoms with Crippen LogP contribution in [0.3, 0.4) is 0 Å². The summed E-state index contributed by atoms with van der Waals surface area (Å²) in [7, 11) is 0. The number of pyridine rings is 1. The van der Waals surface area contributed by atoms with Gasteiger partial charge in [0.05, 0.1) is 0 Å². The van der Waals surface area contributed by atoms with E-state index in [-0.39, 0.29) is 18.0 Å². The molecule has 2 heterocycles. The number of hydrogen-bond donors (Lipinski definition) is 2. The molecule has 0 unspecified atom stereocenters. The van der Waals surface area contributed by atoms with E-state index >= 15 is 0 Å². The Hall–Kier alpha value is -2.11. The lowest BCUT2D eigenvalue weighted by molar-refractivity contribution is 0.0917. The van der Waals surface area contributed by atoms with Crippen LogP contribution in [0.25, 0.3) is 0 Å². The molecule has 1 saturated heterocycles. The Kier molecular flexibility index (Phi) is 5.67. The molecule has 1 aliphatic heterocycles. The number of nitrogens with zero attached hydrogens (tertiary/aromatic N) is 2.